The molecular formula is C22H26N4OS. The van der Waals surface area contributed by atoms with Gasteiger partial charge in [0.2, 0.25) is 0 Å². The molecule has 3 aromatic rings. The number of aromatic nitrogens is 2. The van der Waals surface area contributed by atoms with Crippen molar-refractivity contribution in [3.05, 3.63) is 59.7 Å². The number of benzene rings is 2. The van der Waals surface area contributed by atoms with Gasteiger partial charge < -0.3 is 15.6 Å². The zero-order valence-electron chi connectivity index (χ0n) is 15.9. The van der Waals surface area contributed by atoms with Crippen LogP contribution in [0.15, 0.2) is 53.7 Å². The van der Waals surface area contributed by atoms with Gasteiger partial charge in [-0.05, 0) is 62.0 Å². The van der Waals surface area contributed by atoms with Crippen molar-refractivity contribution in [3.63, 3.8) is 0 Å². The molecule has 0 radical (unpaired) electrons. The predicted octanol–water partition coefficient (Wildman–Crippen LogP) is 3.97. The molecule has 1 aliphatic rings. The molecule has 146 valence electrons. The number of hydrogen-bond donors (Lipinski definition) is 3. The third-order valence-corrected chi connectivity index (χ3v) is 6.15. The Hall–Kier alpha value is -2.31. The number of fused-ring (bicyclic) bond motifs is 1. The second-order valence-corrected chi connectivity index (χ2v) is 8.23. The van der Waals surface area contributed by atoms with E-state index in [9.17, 15) is 4.79 Å². The summed E-state index contributed by atoms with van der Waals surface area (Å²) in [6.07, 6.45) is 3.53. The lowest BCUT2D eigenvalue weighted by molar-refractivity contribution is 0.0950. The van der Waals surface area contributed by atoms with Crippen LogP contribution in [0.2, 0.25) is 0 Å². The molecule has 1 amide bonds. The van der Waals surface area contributed by atoms with Crippen LogP contribution in [-0.4, -0.2) is 35.5 Å². The number of amides is 1. The van der Waals surface area contributed by atoms with Crippen LogP contribution in [0.1, 0.15) is 35.2 Å². The van der Waals surface area contributed by atoms with E-state index in [0.29, 0.717) is 11.7 Å². The number of para-hydroxylation sites is 2. The Morgan fingerprint density at radius 2 is 2.04 bits per heavy atom. The van der Waals surface area contributed by atoms with Crippen LogP contribution in [0.3, 0.4) is 0 Å². The third kappa shape index (κ3) is 4.75. The summed E-state index contributed by atoms with van der Waals surface area (Å²) in [5.74, 6) is 1.40. The molecular weight excluding hydrogens is 368 g/mol. The SMILES string of the molecule is O=C(NCCC1CCCNC1)c1ccccc1CSc1nc2ccccc2[nH]1. The Balaban J connectivity index is 1.35. The Kier molecular flexibility index (Phi) is 6.29. The van der Waals surface area contributed by atoms with Crippen molar-refractivity contribution in [1.29, 1.82) is 0 Å². The smallest absolute Gasteiger partial charge is 0.251 e. The van der Waals surface area contributed by atoms with E-state index in [1.54, 1.807) is 11.8 Å². The molecule has 1 unspecified atom stereocenters. The number of carbonyl (C=O) groups is 1. The van der Waals surface area contributed by atoms with E-state index in [-0.39, 0.29) is 5.91 Å². The maximum Gasteiger partial charge on any atom is 0.251 e. The molecule has 6 heteroatoms. The minimum absolute atomic E-state index is 0.0181. The first-order valence-electron chi connectivity index (χ1n) is 9.94. The van der Waals surface area contributed by atoms with Crippen LogP contribution >= 0.6 is 11.8 Å². The molecule has 0 saturated carbocycles. The number of imidazole rings is 1. The van der Waals surface area contributed by atoms with Crippen molar-refractivity contribution in [2.75, 3.05) is 19.6 Å². The van der Waals surface area contributed by atoms with Crippen LogP contribution in [0, 0.1) is 5.92 Å². The number of nitrogens with one attached hydrogen (secondary N) is 3. The van der Waals surface area contributed by atoms with E-state index in [0.717, 1.165) is 53.4 Å². The van der Waals surface area contributed by atoms with Gasteiger partial charge >= 0.3 is 0 Å². The molecule has 4 rings (SSSR count). The van der Waals surface area contributed by atoms with Crippen molar-refractivity contribution < 1.29 is 4.79 Å². The van der Waals surface area contributed by atoms with Gasteiger partial charge in [0.05, 0.1) is 11.0 Å². The Labute approximate surface area is 169 Å². The molecule has 1 saturated heterocycles. The van der Waals surface area contributed by atoms with Crippen molar-refractivity contribution in [2.45, 2.75) is 30.2 Å². The van der Waals surface area contributed by atoms with Gasteiger partial charge in [-0.3, -0.25) is 4.79 Å². The monoisotopic (exact) mass is 394 g/mol. The van der Waals surface area contributed by atoms with Crippen molar-refractivity contribution in [1.82, 2.24) is 20.6 Å². The van der Waals surface area contributed by atoms with E-state index >= 15 is 0 Å². The van der Waals surface area contributed by atoms with Crippen molar-refractivity contribution in [2.24, 2.45) is 5.92 Å². The number of carbonyl (C=O) groups excluding carboxylic acids is 1. The molecule has 0 aliphatic carbocycles. The van der Waals surface area contributed by atoms with Gasteiger partial charge in [-0.25, -0.2) is 4.98 Å². The minimum atomic E-state index is 0.0181. The molecule has 1 atom stereocenters. The van der Waals surface area contributed by atoms with Gasteiger partial charge in [0.1, 0.15) is 0 Å². The largest absolute Gasteiger partial charge is 0.352 e. The zero-order chi connectivity index (χ0) is 19.2. The van der Waals surface area contributed by atoms with Gasteiger partial charge in [-0.1, -0.05) is 42.1 Å². The molecule has 2 heterocycles. The lowest BCUT2D eigenvalue weighted by atomic mass is 9.96. The summed E-state index contributed by atoms with van der Waals surface area (Å²) >= 11 is 1.62. The van der Waals surface area contributed by atoms with E-state index in [4.69, 9.17) is 0 Å². The maximum atomic E-state index is 12.7. The molecule has 1 aliphatic heterocycles. The maximum absolute atomic E-state index is 12.7. The predicted molar refractivity (Wildman–Crippen MR) is 115 cm³/mol. The molecule has 28 heavy (non-hydrogen) atoms. The Morgan fingerprint density at radius 3 is 2.89 bits per heavy atom. The first kappa shape index (κ1) is 19.0. The standard InChI is InChI=1S/C22H26N4OS/c27-21(24-13-11-16-6-5-12-23-14-16)18-8-2-1-7-17(18)15-28-22-25-19-9-3-4-10-20(19)26-22/h1-4,7-10,16,23H,5-6,11-15H2,(H,24,27)(H,25,26). The van der Waals surface area contributed by atoms with E-state index < -0.39 is 0 Å². The highest BCUT2D eigenvalue weighted by atomic mass is 32.2. The summed E-state index contributed by atoms with van der Waals surface area (Å²) in [5.41, 5.74) is 3.79. The molecule has 3 N–H and O–H groups in total. The molecule has 2 aromatic carbocycles. The second kappa shape index (κ2) is 9.26. The fraction of sp³-hybridized carbons (Fsp3) is 0.364. The summed E-state index contributed by atoms with van der Waals surface area (Å²) < 4.78 is 0. The summed E-state index contributed by atoms with van der Waals surface area (Å²) in [6, 6.07) is 15.9. The second-order valence-electron chi connectivity index (χ2n) is 7.26. The highest BCUT2D eigenvalue weighted by Gasteiger charge is 2.15. The van der Waals surface area contributed by atoms with E-state index in [1.165, 1.54) is 12.8 Å². The fourth-order valence-corrected chi connectivity index (χ4v) is 4.56. The molecule has 1 aromatic heterocycles. The summed E-state index contributed by atoms with van der Waals surface area (Å²) in [6.45, 7) is 2.93. The van der Waals surface area contributed by atoms with E-state index in [2.05, 4.69) is 20.6 Å². The molecule has 0 bridgehead atoms. The Morgan fingerprint density at radius 1 is 1.18 bits per heavy atom. The lowest BCUT2D eigenvalue weighted by Gasteiger charge is -2.22. The number of thioether (sulfide) groups is 1. The third-order valence-electron chi connectivity index (χ3n) is 5.23. The van der Waals surface area contributed by atoms with Crippen molar-refractivity contribution in [3.8, 4) is 0 Å². The normalized spacial score (nSPS) is 16.9. The van der Waals surface area contributed by atoms with Gasteiger partial charge in [-0.2, -0.15) is 0 Å². The van der Waals surface area contributed by atoms with Crippen LogP contribution in [0.4, 0.5) is 0 Å². The first-order valence-corrected chi connectivity index (χ1v) is 10.9. The fourth-order valence-electron chi connectivity index (χ4n) is 3.67. The van der Waals surface area contributed by atoms with E-state index in [1.807, 2.05) is 48.5 Å². The highest BCUT2D eigenvalue weighted by Crippen LogP contribution is 2.24. The summed E-state index contributed by atoms with van der Waals surface area (Å²) in [4.78, 5) is 20.6. The van der Waals surface area contributed by atoms with Gasteiger partial charge in [-0.15, -0.1) is 0 Å². The van der Waals surface area contributed by atoms with Crippen molar-refractivity contribution >= 4 is 28.7 Å². The minimum Gasteiger partial charge on any atom is -0.352 e. The zero-order valence-corrected chi connectivity index (χ0v) is 16.7. The molecule has 0 spiro atoms. The van der Waals surface area contributed by atoms with Crippen LogP contribution in [-0.2, 0) is 5.75 Å². The lowest BCUT2D eigenvalue weighted by Crippen LogP contribution is -2.33. The highest BCUT2D eigenvalue weighted by molar-refractivity contribution is 7.98. The number of piperidine rings is 1. The topological polar surface area (TPSA) is 69.8 Å². The number of H-pyrrole nitrogens is 1. The number of rotatable bonds is 7. The molecule has 5 nitrogen and oxygen atoms in total. The van der Waals surface area contributed by atoms with Crippen LogP contribution in [0.25, 0.3) is 11.0 Å². The average molecular weight is 395 g/mol. The quantitative estimate of drug-likeness (QED) is 0.530. The first-order chi connectivity index (χ1) is 13.8. The summed E-state index contributed by atoms with van der Waals surface area (Å²) in [5, 5.41) is 7.41. The summed E-state index contributed by atoms with van der Waals surface area (Å²) in [7, 11) is 0. The Bertz CT molecular complexity index is 900. The number of hydrogen-bond acceptors (Lipinski definition) is 4. The molecule has 1 fully saturated rings. The van der Waals surface area contributed by atoms with Gasteiger partial charge in [0.25, 0.3) is 5.91 Å². The number of aromatic amines is 1. The van der Waals surface area contributed by atoms with Crippen LogP contribution in [0.5, 0.6) is 0 Å². The van der Waals surface area contributed by atoms with Gasteiger partial charge in [0.15, 0.2) is 5.16 Å². The van der Waals surface area contributed by atoms with Gasteiger partial charge in [0, 0.05) is 17.9 Å². The van der Waals surface area contributed by atoms with Crippen LogP contribution < -0.4 is 10.6 Å². The average Bonchev–Trinajstić information content (AvgIpc) is 3.16. The number of nitrogens with zero attached hydrogens (tertiary/aromatic N) is 1.